The molecule has 140 valence electrons. The first-order valence-electron chi connectivity index (χ1n) is 8.94. The summed E-state index contributed by atoms with van der Waals surface area (Å²) in [6.45, 7) is 9.62. The molecule has 4 nitrogen and oxygen atoms in total. The molecule has 2 aromatic carbocycles. The molecule has 1 fully saturated rings. The summed E-state index contributed by atoms with van der Waals surface area (Å²) in [6.07, 6.45) is 1.49. The maximum atomic E-state index is 12.0. The Hall–Kier alpha value is -2.88. The summed E-state index contributed by atoms with van der Waals surface area (Å²) in [5.41, 5.74) is 4.20. The molecule has 27 heavy (non-hydrogen) atoms. The maximum absolute atomic E-state index is 12.0. The normalized spacial score (nSPS) is 16.6. The van der Waals surface area contributed by atoms with Crippen LogP contribution < -0.4 is 0 Å². The molecule has 0 unspecified atom stereocenters. The lowest BCUT2D eigenvalue weighted by molar-refractivity contribution is -0.222. The summed E-state index contributed by atoms with van der Waals surface area (Å²) in [4.78, 5) is 24.1. The summed E-state index contributed by atoms with van der Waals surface area (Å²) >= 11 is 0. The van der Waals surface area contributed by atoms with Crippen molar-refractivity contribution in [2.24, 2.45) is 0 Å². The molecule has 0 bridgehead atoms. The van der Waals surface area contributed by atoms with E-state index >= 15 is 0 Å². The summed E-state index contributed by atoms with van der Waals surface area (Å²) in [7, 11) is 0. The van der Waals surface area contributed by atoms with Crippen molar-refractivity contribution >= 4 is 18.0 Å². The van der Waals surface area contributed by atoms with Gasteiger partial charge in [-0.3, -0.25) is 0 Å². The fraction of sp³-hybridized carbons (Fsp3) is 0.304. The minimum absolute atomic E-state index is 0.100. The highest BCUT2D eigenvalue weighted by Gasteiger charge is 2.38. The van der Waals surface area contributed by atoms with Crippen LogP contribution in [0.15, 0.2) is 54.1 Å². The zero-order chi connectivity index (χ0) is 19.8. The van der Waals surface area contributed by atoms with Gasteiger partial charge >= 0.3 is 11.9 Å². The first-order valence-corrected chi connectivity index (χ1v) is 8.94. The Morgan fingerprint density at radius 3 is 1.67 bits per heavy atom. The van der Waals surface area contributed by atoms with Gasteiger partial charge in [0.15, 0.2) is 0 Å². The van der Waals surface area contributed by atoms with E-state index in [4.69, 9.17) is 9.47 Å². The van der Waals surface area contributed by atoms with Gasteiger partial charge in [-0.15, -0.1) is 0 Å². The Bertz CT molecular complexity index is 873. The summed E-state index contributed by atoms with van der Waals surface area (Å²) in [6, 6.07) is 16.1. The zero-order valence-electron chi connectivity index (χ0n) is 16.3. The van der Waals surface area contributed by atoms with Crippen LogP contribution in [0.4, 0.5) is 0 Å². The van der Waals surface area contributed by atoms with Crippen molar-refractivity contribution in [2.45, 2.75) is 45.8 Å². The molecule has 0 saturated carbocycles. The molecule has 4 heteroatoms. The molecule has 1 aliphatic rings. The van der Waals surface area contributed by atoms with E-state index in [1.807, 2.05) is 24.3 Å². The molecule has 1 saturated heterocycles. The van der Waals surface area contributed by atoms with E-state index in [-0.39, 0.29) is 11.0 Å². The number of benzene rings is 2. The minimum atomic E-state index is -1.23. The van der Waals surface area contributed by atoms with Crippen LogP contribution in [-0.2, 0) is 24.5 Å². The van der Waals surface area contributed by atoms with Gasteiger partial charge < -0.3 is 9.47 Å². The molecule has 0 amide bonds. The summed E-state index contributed by atoms with van der Waals surface area (Å²) in [5, 5.41) is 0. The topological polar surface area (TPSA) is 52.6 Å². The molecular formula is C23H24O4. The lowest BCUT2D eigenvalue weighted by atomic mass is 9.86. The highest BCUT2D eigenvalue weighted by atomic mass is 16.7. The predicted octanol–water partition coefficient (Wildman–Crippen LogP) is 4.87. The van der Waals surface area contributed by atoms with Gasteiger partial charge in [-0.1, -0.05) is 69.3 Å². The quantitative estimate of drug-likeness (QED) is 0.433. The van der Waals surface area contributed by atoms with Crippen LogP contribution in [0.2, 0.25) is 0 Å². The lowest BCUT2D eigenvalue weighted by Gasteiger charge is -2.29. The second kappa shape index (κ2) is 6.69. The highest BCUT2D eigenvalue weighted by Crippen LogP contribution is 2.27. The number of rotatable bonds is 2. The Morgan fingerprint density at radius 2 is 1.22 bits per heavy atom. The van der Waals surface area contributed by atoms with Crippen LogP contribution in [0, 0.1) is 0 Å². The predicted molar refractivity (Wildman–Crippen MR) is 105 cm³/mol. The number of ether oxygens (including phenoxy) is 2. The van der Waals surface area contributed by atoms with Crippen molar-refractivity contribution in [1.29, 1.82) is 0 Å². The van der Waals surface area contributed by atoms with Crippen molar-refractivity contribution in [3.8, 4) is 11.1 Å². The molecular weight excluding hydrogens is 340 g/mol. The van der Waals surface area contributed by atoms with Crippen LogP contribution in [0.1, 0.15) is 45.7 Å². The maximum Gasteiger partial charge on any atom is 0.348 e. The number of cyclic esters (lactones) is 2. The number of carbonyl (C=O) groups is 2. The van der Waals surface area contributed by atoms with Crippen LogP contribution in [0.3, 0.4) is 0 Å². The Balaban J connectivity index is 1.82. The van der Waals surface area contributed by atoms with E-state index in [0.717, 1.165) is 16.7 Å². The van der Waals surface area contributed by atoms with Crippen molar-refractivity contribution in [1.82, 2.24) is 0 Å². The fourth-order valence-electron chi connectivity index (χ4n) is 2.88. The molecule has 0 radical (unpaired) electrons. The van der Waals surface area contributed by atoms with E-state index < -0.39 is 17.7 Å². The largest absolute Gasteiger partial charge is 0.419 e. The molecule has 1 aliphatic heterocycles. The monoisotopic (exact) mass is 364 g/mol. The third kappa shape index (κ3) is 4.27. The van der Waals surface area contributed by atoms with Gasteiger partial charge in [0.2, 0.25) is 0 Å². The number of carbonyl (C=O) groups excluding carboxylic acids is 2. The standard InChI is InChI=1S/C23H24O4/c1-22(2,3)18-12-10-17(11-13-18)16-8-6-15(7-9-16)14-19-20(24)26-23(4,5)27-21(19)25/h6-14H,1-5H3. The molecule has 0 spiro atoms. The zero-order valence-corrected chi connectivity index (χ0v) is 16.3. The molecule has 0 aliphatic carbocycles. The first-order chi connectivity index (χ1) is 12.5. The van der Waals surface area contributed by atoms with Crippen molar-refractivity contribution < 1.29 is 19.1 Å². The number of hydrogen-bond donors (Lipinski definition) is 0. The van der Waals surface area contributed by atoms with Gasteiger partial charge in [-0.05, 0) is 33.7 Å². The second-order valence-electron chi connectivity index (χ2n) is 8.19. The fourth-order valence-corrected chi connectivity index (χ4v) is 2.88. The van der Waals surface area contributed by atoms with Gasteiger partial charge in [0.1, 0.15) is 5.57 Å². The third-order valence-electron chi connectivity index (χ3n) is 4.42. The number of esters is 2. The van der Waals surface area contributed by atoms with Crippen LogP contribution in [0.25, 0.3) is 17.2 Å². The summed E-state index contributed by atoms with van der Waals surface area (Å²) in [5.74, 6) is -2.56. The van der Waals surface area contributed by atoms with E-state index in [1.165, 1.54) is 25.5 Å². The van der Waals surface area contributed by atoms with Crippen molar-refractivity contribution in [2.75, 3.05) is 0 Å². The van der Waals surface area contributed by atoms with E-state index in [0.29, 0.717) is 0 Å². The van der Waals surface area contributed by atoms with Crippen LogP contribution >= 0.6 is 0 Å². The second-order valence-corrected chi connectivity index (χ2v) is 8.19. The molecule has 0 aromatic heterocycles. The smallest absolute Gasteiger partial charge is 0.348 e. The highest BCUT2D eigenvalue weighted by molar-refractivity contribution is 6.18. The van der Waals surface area contributed by atoms with Gasteiger partial charge in [0.05, 0.1) is 0 Å². The molecule has 0 atom stereocenters. The first kappa shape index (κ1) is 18.9. The number of hydrogen-bond acceptors (Lipinski definition) is 4. The molecule has 1 heterocycles. The van der Waals surface area contributed by atoms with E-state index in [9.17, 15) is 9.59 Å². The third-order valence-corrected chi connectivity index (χ3v) is 4.42. The Morgan fingerprint density at radius 1 is 0.778 bits per heavy atom. The molecule has 3 rings (SSSR count). The van der Waals surface area contributed by atoms with Gasteiger partial charge in [-0.2, -0.15) is 0 Å². The van der Waals surface area contributed by atoms with Gasteiger partial charge in [0.25, 0.3) is 5.79 Å². The Labute approximate surface area is 159 Å². The van der Waals surface area contributed by atoms with E-state index in [1.54, 1.807) is 0 Å². The van der Waals surface area contributed by atoms with Gasteiger partial charge in [-0.25, -0.2) is 9.59 Å². The van der Waals surface area contributed by atoms with E-state index in [2.05, 4.69) is 45.0 Å². The summed E-state index contributed by atoms with van der Waals surface area (Å²) < 4.78 is 10.2. The van der Waals surface area contributed by atoms with Crippen LogP contribution in [0.5, 0.6) is 0 Å². The van der Waals surface area contributed by atoms with Crippen molar-refractivity contribution in [3.05, 3.63) is 65.2 Å². The molecule has 0 N–H and O–H groups in total. The minimum Gasteiger partial charge on any atom is -0.419 e. The average molecular weight is 364 g/mol. The Kier molecular flexibility index (Phi) is 4.68. The van der Waals surface area contributed by atoms with Crippen LogP contribution in [-0.4, -0.2) is 17.7 Å². The van der Waals surface area contributed by atoms with Gasteiger partial charge in [0, 0.05) is 13.8 Å². The average Bonchev–Trinajstić information content (AvgIpc) is 2.57. The van der Waals surface area contributed by atoms with Crippen molar-refractivity contribution in [3.63, 3.8) is 0 Å². The SMILES string of the molecule is CC1(C)OC(=O)C(=Cc2ccc(-c3ccc(C(C)(C)C)cc3)cc2)C(=O)O1. The lowest BCUT2D eigenvalue weighted by Crippen LogP contribution is -2.41. The molecule has 2 aromatic rings.